The lowest BCUT2D eigenvalue weighted by atomic mass is 10.0. The molecular formula is C15H24ClN3O2. The van der Waals surface area contributed by atoms with Gasteiger partial charge in [-0.05, 0) is 12.5 Å². The molecule has 0 saturated heterocycles. The molecule has 2 atom stereocenters. The first-order valence-electron chi connectivity index (χ1n) is 6.70. The highest BCUT2D eigenvalue weighted by molar-refractivity contribution is 5.87. The molecule has 0 saturated carbocycles. The van der Waals surface area contributed by atoms with Gasteiger partial charge in [0.1, 0.15) is 6.04 Å². The fraction of sp³-hybridized carbons (Fsp3) is 0.467. The molecule has 0 aromatic heterocycles. The normalized spacial score (nSPS) is 12.8. The highest BCUT2D eigenvalue weighted by atomic mass is 35.5. The minimum absolute atomic E-state index is 0. The van der Waals surface area contributed by atoms with Crippen LogP contribution in [-0.2, 0) is 16.0 Å². The maximum absolute atomic E-state index is 12.1. The zero-order valence-electron chi connectivity index (χ0n) is 12.7. The standard InChI is InChI=1S/C15H23N3O2.ClH/c1-11(16)9-14(19)17-13(15(20)18(2)3)10-12-7-5-4-6-8-12;/h4-8,11,13H,9-10,16H2,1-3H3,(H,17,19);1H. The summed E-state index contributed by atoms with van der Waals surface area (Å²) in [4.78, 5) is 25.5. The van der Waals surface area contributed by atoms with Crippen LogP contribution >= 0.6 is 12.4 Å². The summed E-state index contributed by atoms with van der Waals surface area (Å²) < 4.78 is 0. The van der Waals surface area contributed by atoms with Crippen molar-refractivity contribution >= 4 is 24.2 Å². The van der Waals surface area contributed by atoms with Crippen molar-refractivity contribution in [1.29, 1.82) is 0 Å². The van der Waals surface area contributed by atoms with Crippen molar-refractivity contribution in [2.75, 3.05) is 14.1 Å². The Kier molecular flexibility index (Phi) is 8.66. The lowest BCUT2D eigenvalue weighted by Crippen LogP contribution is -2.48. The first-order chi connectivity index (χ1) is 9.40. The number of halogens is 1. The van der Waals surface area contributed by atoms with Crippen LogP contribution in [0.1, 0.15) is 18.9 Å². The molecule has 0 radical (unpaired) electrons. The summed E-state index contributed by atoms with van der Waals surface area (Å²) in [6.07, 6.45) is 0.689. The molecule has 0 aliphatic rings. The van der Waals surface area contributed by atoms with Gasteiger partial charge in [-0.2, -0.15) is 0 Å². The first-order valence-corrected chi connectivity index (χ1v) is 6.70. The van der Waals surface area contributed by atoms with E-state index in [0.29, 0.717) is 6.42 Å². The summed E-state index contributed by atoms with van der Waals surface area (Å²) in [6, 6.07) is 8.84. The van der Waals surface area contributed by atoms with Crippen molar-refractivity contribution in [3.63, 3.8) is 0 Å². The third-order valence-electron chi connectivity index (χ3n) is 2.86. The average Bonchev–Trinajstić information content (AvgIpc) is 2.37. The van der Waals surface area contributed by atoms with Crippen LogP contribution in [0.5, 0.6) is 0 Å². The van der Waals surface area contributed by atoms with Gasteiger partial charge >= 0.3 is 0 Å². The third kappa shape index (κ3) is 7.11. The lowest BCUT2D eigenvalue weighted by Gasteiger charge is -2.22. The zero-order valence-corrected chi connectivity index (χ0v) is 13.5. The van der Waals surface area contributed by atoms with E-state index >= 15 is 0 Å². The van der Waals surface area contributed by atoms with Crippen LogP contribution < -0.4 is 11.1 Å². The van der Waals surface area contributed by atoms with Crippen molar-refractivity contribution in [1.82, 2.24) is 10.2 Å². The number of rotatable bonds is 6. The van der Waals surface area contributed by atoms with Gasteiger partial charge in [0.2, 0.25) is 11.8 Å². The van der Waals surface area contributed by atoms with Crippen molar-refractivity contribution in [3.05, 3.63) is 35.9 Å². The van der Waals surface area contributed by atoms with Gasteiger partial charge < -0.3 is 16.0 Å². The van der Waals surface area contributed by atoms with Crippen LogP contribution in [0.3, 0.4) is 0 Å². The molecule has 21 heavy (non-hydrogen) atoms. The number of likely N-dealkylation sites (N-methyl/N-ethyl adjacent to an activating group) is 1. The molecule has 6 heteroatoms. The Balaban J connectivity index is 0.00000400. The molecule has 1 rings (SSSR count). The zero-order chi connectivity index (χ0) is 15.1. The van der Waals surface area contributed by atoms with E-state index in [0.717, 1.165) is 5.56 Å². The van der Waals surface area contributed by atoms with Gasteiger partial charge in [0.05, 0.1) is 0 Å². The Morgan fingerprint density at radius 3 is 2.29 bits per heavy atom. The Morgan fingerprint density at radius 2 is 1.81 bits per heavy atom. The van der Waals surface area contributed by atoms with Gasteiger partial charge in [0, 0.05) is 33.0 Å². The SMILES string of the molecule is CC(N)CC(=O)NC(Cc1ccccc1)C(=O)N(C)C.Cl. The van der Waals surface area contributed by atoms with Crippen LogP contribution in [-0.4, -0.2) is 42.9 Å². The highest BCUT2D eigenvalue weighted by Crippen LogP contribution is 2.05. The first kappa shape index (κ1) is 19.4. The number of hydrogen-bond donors (Lipinski definition) is 2. The fourth-order valence-corrected chi connectivity index (χ4v) is 1.91. The predicted octanol–water partition coefficient (Wildman–Crippen LogP) is 0.961. The van der Waals surface area contributed by atoms with Crippen molar-refractivity contribution in [2.24, 2.45) is 5.73 Å². The van der Waals surface area contributed by atoms with E-state index in [1.807, 2.05) is 30.3 Å². The number of hydrogen-bond acceptors (Lipinski definition) is 3. The second-order valence-corrected chi connectivity index (χ2v) is 5.22. The molecule has 3 N–H and O–H groups in total. The monoisotopic (exact) mass is 313 g/mol. The number of carbonyl (C=O) groups excluding carboxylic acids is 2. The molecule has 0 aliphatic heterocycles. The second-order valence-electron chi connectivity index (χ2n) is 5.22. The lowest BCUT2D eigenvalue weighted by molar-refractivity contribution is -0.134. The van der Waals surface area contributed by atoms with E-state index in [9.17, 15) is 9.59 Å². The van der Waals surface area contributed by atoms with Crippen LogP contribution in [0.15, 0.2) is 30.3 Å². The van der Waals surface area contributed by atoms with Crippen LogP contribution in [0.4, 0.5) is 0 Å². The maximum Gasteiger partial charge on any atom is 0.244 e. The molecule has 5 nitrogen and oxygen atoms in total. The maximum atomic E-state index is 12.1. The molecule has 2 amide bonds. The summed E-state index contributed by atoms with van der Waals surface area (Å²) in [5, 5.41) is 2.77. The minimum Gasteiger partial charge on any atom is -0.347 e. The molecule has 2 unspecified atom stereocenters. The van der Waals surface area contributed by atoms with E-state index in [1.54, 1.807) is 21.0 Å². The van der Waals surface area contributed by atoms with E-state index in [2.05, 4.69) is 5.32 Å². The average molecular weight is 314 g/mol. The summed E-state index contributed by atoms with van der Waals surface area (Å²) in [5.41, 5.74) is 6.61. The Bertz CT molecular complexity index is 449. The Labute approximate surface area is 132 Å². The molecule has 0 heterocycles. The summed E-state index contributed by atoms with van der Waals surface area (Å²) in [5.74, 6) is -0.317. The van der Waals surface area contributed by atoms with Crippen LogP contribution in [0, 0.1) is 0 Å². The van der Waals surface area contributed by atoms with E-state index in [-0.39, 0.29) is 36.7 Å². The topological polar surface area (TPSA) is 75.4 Å². The number of nitrogens with zero attached hydrogens (tertiary/aromatic N) is 1. The van der Waals surface area contributed by atoms with E-state index in [4.69, 9.17) is 5.73 Å². The van der Waals surface area contributed by atoms with Crippen LogP contribution in [0.25, 0.3) is 0 Å². The van der Waals surface area contributed by atoms with Crippen molar-refractivity contribution < 1.29 is 9.59 Å². The molecule has 1 aromatic rings. The Hall–Kier alpha value is -1.59. The van der Waals surface area contributed by atoms with E-state index in [1.165, 1.54) is 4.90 Å². The van der Waals surface area contributed by atoms with Crippen LogP contribution in [0.2, 0.25) is 0 Å². The quantitative estimate of drug-likeness (QED) is 0.821. The number of carbonyl (C=O) groups is 2. The fourth-order valence-electron chi connectivity index (χ4n) is 1.91. The summed E-state index contributed by atoms with van der Waals surface area (Å²) in [7, 11) is 3.36. The Morgan fingerprint density at radius 1 is 1.24 bits per heavy atom. The van der Waals surface area contributed by atoms with E-state index < -0.39 is 6.04 Å². The molecule has 118 valence electrons. The van der Waals surface area contributed by atoms with Gasteiger partial charge in [0.15, 0.2) is 0 Å². The summed E-state index contributed by atoms with van der Waals surface area (Å²) >= 11 is 0. The number of nitrogens with two attached hydrogens (primary N) is 1. The molecule has 0 aliphatic carbocycles. The van der Waals surface area contributed by atoms with Gasteiger partial charge in [-0.25, -0.2) is 0 Å². The molecule has 0 fully saturated rings. The van der Waals surface area contributed by atoms with Crippen molar-refractivity contribution in [3.8, 4) is 0 Å². The number of nitrogens with one attached hydrogen (secondary N) is 1. The molecule has 0 spiro atoms. The van der Waals surface area contributed by atoms with Gasteiger partial charge in [-0.3, -0.25) is 9.59 Å². The third-order valence-corrected chi connectivity index (χ3v) is 2.86. The summed E-state index contributed by atoms with van der Waals surface area (Å²) in [6.45, 7) is 1.76. The number of benzene rings is 1. The molecule has 0 bridgehead atoms. The predicted molar refractivity (Wildman–Crippen MR) is 86.3 cm³/mol. The molecule has 1 aromatic carbocycles. The highest BCUT2D eigenvalue weighted by Gasteiger charge is 2.22. The van der Waals surface area contributed by atoms with Gasteiger partial charge in [0.25, 0.3) is 0 Å². The second kappa shape index (κ2) is 9.37. The minimum atomic E-state index is -0.557. The van der Waals surface area contributed by atoms with Crippen molar-refractivity contribution in [2.45, 2.75) is 31.8 Å². The largest absolute Gasteiger partial charge is 0.347 e. The van der Waals surface area contributed by atoms with Gasteiger partial charge in [-0.15, -0.1) is 12.4 Å². The molecular weight excluding hydrogens is 290 g/mol. The smallest absolute Gasteiger partial charge is 0.244 e. The van der Waals surface area contributed by atoms with Gasteiger partial charge in [-0.1, -0.05) is 30.3 Å². The number of amides is 2.